The number of benzene rings is 2. The Labute approximate surface area is 185 Å². The fourth-order valence-electron chi connectivity index (χ4n) is 5.97. The van der Waals surface area contributed by atoms with Crippen molar-refractivity contribution in [2.45, 2.75) is 57.3 Å². The van der Waals surface area contributed by atoms with Crippen molar-refractivity contribution in [1.29, 1.82) is 0 Å². The maximum atomic E-state index is 4.88. The van der Waals surface area contributed by atoms with E-state index in [9.17, 15) is 0 Å². The number of rotatable bonds is 4. The third-order valence-electron chi connectivity index (χ3n) is 7.54. The van der Waals surface area contributed by atoms with Crippen LogP contribution in [0.4, 0.5) is 5.69 Å². The largest absolute Gasteiger partial charge is 0.367 e. The molecule has 6 rings (SSSR count). The molecular formula is C27H32N4. The molecule has 2 saturated heterocycles. The predicted molar refractivity (Wildman–Crippen MR) is 127 cm³/mol. The first-order valence-electron chi connectivity index (χ1n) is 12.0. The smallest absolute Gasteiger partial charge is 0.0705 e. The molecule has 3 aliphatic heterocycles. The monoisotopic (exact) mass is 412 g/mol. The summed E-state index contributed by atoms with van der Waals surface area (Å²) in [6.07, 6.45) is 6.28. The minimum absolute atomic E-state index is 0.671. The quantitative estimate of drug-likeness (QED) is 0.683. The lowest BCUT2D eigenvalue weighted by Gasteiger charge is -2.46. The number of fused-ring (bicyclic) bond motifs is 3. The van der Waals surface area contributed by atoms with Crippen molar-refractivity contribution in [3.63, 3.8) is 0 Å². The molecule has 2 atom stereocenters. The molecule has 4 heteroatoms. The standard InChI is InChI=1S/C27H32N4/c1-2-8-24-20(6-1)12-13-22(29-24)14-17-30-18-21-7-3-10-26(23(21)19-30)31-16-5-9-25-27(31)11-4-15-28-25/h1-3,6-8,10,12-13,25,27-28H,4-5,9,11,14-19H2. The predicted octanol–water partition coefficient (Wildman–Crippen LogP) is 4.51. The summed E-state index contributed by atoms with van der Waals surface area (Å²) in [5.41, 5.74) is 6.90. The van der Waals surface area contributed by atoms with E-state index in [1.54, 1.807) is 5.56 Å². The van der Waals surface area contributed by atoms with Gasteiger partial charge in [-0.05, 0) is 61.6 Å². The second kappa shape index (κ2) is 8.25. The van der Waals surface area contributed by atoms with E-state index >= 15 is 0 Å². The number of pyridine rings is 1. The number of piperidine rings is 2. The highest BCUT2D eigenvalue weighted by atomic mass is 15.2. The van der Waals surface area contributed by atoms with Gasteiger partial charge in [-0.1, -0.05) is 36.4 Å². The third-order valence-corrected chi connectivity index (χ3v) is 7.54. The zero-order chi connectivity index (χ0) is 20.6. The van der Waals surface area contributed by atoms with Crippen molar-refractivity contribution < 1.29 is 0 Å². The van der Waals surface area contributed by atoms with Gasteiger partial charge >= 0.3 is 0 Å². The van der Waals surface area contributed by atoms with Crippen LogP contribution in [0.15, 0.2) is 54.6 Å². The highest BCUT2D eigenvalue weighted by Gasteiger charge is 2.35. The Morgan fingerprint density at radius 2 is 1.90 bits per heavy atom. The lowest BCUT2D eigenvalue weighted by Crippen LogP contribution is -2.57. The SMILES string of the molecule is c1cc2c(c(N3CCCC4NCCCC43)c1)CN(CCc1ccc3ccccc3n1)C2. The van der Waals surface area contributed by atoms with Crippen molar-refractivity contribution in [3.8, 4) is 0 Å². The van der Waals surface area contributed by atoms with E-state index in [4.69, 9.17) is 4.98 Å². The Hall–Kier alpha value is -2.43. The Kier molecular flexibility index (Phi) is 5.13. The number of nitrogens with one attached hydrogen (secondary N) is 1. The summed E-state index contributed by atoms with van der Waals surface area (Å²) >= 11 is 0. The second-order valence-electron chi connectivity index (χ2n) is 9.48. The summed E-state index contributed by atoms with van der Waals surface area (Å²) in [5.74, 6) is 0. The molecule has 3 aliphatic rings. The molecule has 0 bridgehead atoms. The molecule has 31 heavy (non-hydrogen) atoms. The fourth-order valence-corrected chi connectivity index (χ4v) is 5.97. The van der Waals surface area contributed by atoms with Crippen LogP contribution in [0.5, 0.6) is 0 Å². The minimum Gasteiger partial charge on any atom is -0.367 e. The fraction of sp³-hybridized carbons (Fsp3) is 0.444. The summed E-state index contributed by atoms with van der Waals surface area (Å²) in [6.45, 7) is 5.60. The molecule has 0 saturated carbocycles. The molecule has 4 heterocycles. The van der Waals surface area contributed by atoms with Crippen LogP contribution in [0.1, 0.15) is 42.5 Å². The number of anilines is 1. The summed E-state index contributed by atoms with van der Waals surface area (Å²) < 4.78 is 0. The molecule has 2 fully saturated rings. The highest BCUT2D eigenvalue weighted by Crippen LogP contribution is 2.36. The van der Waals surface area contributed by atoms with Crippen LogP contribution in [-0.4, -0.2) is 41.6 Å². The molecule has 1 N–H and O–H groups in total. The molecule has 0 aliphatic carbocycles. The number of para-hydroxylation sites is 1. The van der Waals surface area contributed by atoms with Crippen LogP contribution in [0, 0.1) is 0 Å². The highest BCUT2D eigenvalue weighted by molar-refractivity contribution is 5.78. The molecule has 0 radical (unpaired) electrons. The van der Waals surface area contributed by atoms with Crippen molar-refractivity contribution in [3.05, 3.63) is 71.4 Å². The molecule has 1 aromatic heterocycles. The summed E-state index contributed by atoms with van der Waals surface area (Å²) in [7, 11) is 0. The summed E-state index contributed by atoms with van der Waals surface area (Å²) in [5, 5.41) is 5.01. The first-order valence-corrected chi connectivity index (χ1v) is 12.0. The van der Waals surface area contributed by atoms with E-state index in [0.29, 0.717) is 12.1 Å². The van der Waals surface area contributed by atoms with Gasteiger partial charge in [0.05, 0.1) is 5.52 Å². The maximum Gasteiger partial charge on any atom is 0.0705 e. The van der Waals surface area contributed by atoms with Gasteiger partial charge in [0.2, 0.25) is 0 Å². The minimum atomic E-state index is 0.671. The molecular weight excluding hydrogens is 380 g/mol. The van der Waals surface area contributed by atoms with Crippen LogP contribution in [0.25, 0.3) is 10.9 Å². The average molecular weight is 413 g/mol. The third kappa shape index (κ3) is 3.72. The van der Waals surface area contributed by atoms with Crippen LogP contribution in [-0.2, 0) is 19.5 Å². The van der Waals surface area contributed by atoms with E-state index in [0.717, 1.165) is 31.6 Å². The molecule has 0 spiro atoms. The topological polar surface area (TPSA) is 31.4 Å². The maximum absolute atomic E-state index is 4.88. The van der Waals surface area contributed by atoms with Gasteiger partial charge in [-0.25, -0.2) is 0 Å². The molecule has 2 aromatic carbocycles. The van der Waals surface area contributed by atoms with Crippen molar-refractivity contribution in [1.82, 2.24) is 15.2 Å². The summed E-state index contributed by atoms with van der Waals surface area (Å²) in [4.78, 5) is 10.2. The normalized spacial score (nSPS) is 23.7. The molecule has 3 aromatic rings. The van der Waals surface area contributed by atoms with Gasteiger partial charge < -0.3 is 10.2 Å². The number of aromatic nitrogens is 1. The Morgan fingerprint density at radius 3 is 2.90 bits per heavy atom. The van der Waals surface area contributed by atoms with Crippen molar-refractivity contribution in [2.24, 2.45) is 0 Å². The Bertz CT molecular complexity index is 1080. The number of hydrogen-bond donors (Lipinski definition) is 1. The second-order valence-corrected chi connectivity index (χ2v) is 9.48. The molecule has 2 unspecified atom stereocenters. The first-order chi connectivity index (χ1) is 15.3. The average Bonchev–Trinajstić information content (AvgIpc) is 3.25. The van der Waals surface area contributed by atoms with Gasteiger partial charge in [0.15, 0.2) is 0 Å². The van der Waals surface area contributed by atoms with Crippen molar-refractivity contribution in [2.75, 3.05) is 24.5 Å². The van der Waals surface area contributed by atoms with Crippen LogP contribution in [0.2, 0.25) is 0 Å². The first kappa shape index (κ1) is 19.3. The van der Waals surface area contributed by atoms with Crippen molar-refractivity contribution >= 4 is 16.6 Å². The zero-order valence-corrected chi connectivity index (χ0v) is 18.3. The van der Waals surface area contributed by atoms with Gasteiger partial charge in [0, 0.05) is 61.5 Å². The molecule has 4 nitrogen and oxygen atoms in total. The van der Waals surface area contributed by atoms with E-state index in [1.165, 1.54) is 61.1 Å². The zero-order valence-electron chi connectivity index (χ0n) is 18.3. The number of hydrogen-bond acceptors (Lipinski definition) is 4. The molecule has 160 valence electrons. The van der Waals surface area contributed by atoms with Gasteiger partial charge in [-0.3, -0.25) is 9.88 Å². The van der Waals surface area contributed by atoms with Crippen LogP contribution < -0.4 is 10.2 Å². The number of nitrogens with zero attached hydrogens (tertiary/aromatic N) is 3. The summed E-state index contributed by atoms with van der Waals surface area (Å²) in [6, 6.07) is 21.2. The van der Waals surface area contributed by atoms with E-state index in [1.807, 2.05) is 0 Å². The molecule has 0 amide bonds. The van der Waals surface area contributed by atoms with Gasteiger partial charge in [-0.2, -0.15) is 0 Å². The lowest BCUT2D eigenvalue weighted by atomic mass is 9.88. The van der Waals surface area contributed by atoms with Gasteiger partial charge in [-0.15, -0.1) is 0 Å². The van der Waals surface area contributed by atoms with E-state index in [-0.39, 0.29) is 0 Å². The van der Waals surface area contributed by atoms with Crippen LogP contribution >= 0.6 is 0 Å². The van der Waals surface area contributed by atoms with Gasteiger partial charge in [0.25, 0.3) is 0 Å². The Morgan fingerprint density at radius 1 is 0.935 bits per heavy atom. The van der Waals surface area contributed by atoms with E-state index < -0.39 is 0 Å². The Balaban J connectivity index is 1.17. The lowest BCUT2D eigenvalue weighted by molar-refractivity contribution is 0.279. The van der Waals surface area contributed by atoms with Crippen LogP contribution in [0.3, 0.4) is 0 Å². The van der Waals surface area contributed by atoms with E-state index in [2.05, 4.69) is 69.7 Å². The van der Waals surface area contributed by atoms with Gasteiger partial charge in [0.1, 0.15) is 0 Å².